The van der Waals surface area contributed by atoms with Gasteiger partial charge in [-0.1, -0.05) is 0 Å². The van der Waals surface area contributed by atoms with Crippen molar-refractivity contribution in [3.8, 4) is 0 Å². The van der Waals surface area contributed by atoms with E-state index in [0.29, 0.717) is 0 Å². The number of halogens is 3. The Hall–Kier alpha value is -0.830. The van der Waals surface area contributed by atoms with Crippen LogP contribution < -0.4 is 5.73 Å². The summed E-state index contributed by atoms with van der Waals surface area (Å²) >= 11 is 1.60. The lowest BCUT2D eigenvalue weighted by atomic mass is 10.1. The van der Waals surface area contributed by atoms with Crippen molar-refractivity contribution in [2.24, 2.45) is 5.73 Å². The molecule has 0 fully saturated rings. The number of nitrogens with two attached hydrogens (primary N) is 1. The van der Waals surface area contributed by atoms with Crippen molar-refractivity contribution in [3.05, 3.63) is 26.6 Å². The van der Waals surface area contributed by atoms with Crippen LogP contribution in [0.15, 0.2) is 6.07 Å². The fourth-order valence-electron chi connectivity index (χ4n) is 1.05. The molecule has 15 heavy (non-hydrogen) atoms. The van der Waals surface area contributed by atoms with Crippen molar-refractivity contribution in [2.45, 2.75) is 13.0 Å². The van der Waals surface area contributed by atoms with Crippen molar-refractivity contribution in [3.63, 3.8) is 0 Å². The number of hydrogen-bond acceptors (Lipinski definition) is 3. The molecule has 0 aliphatic rings. The van der Waals surface area contributed by atoms with Crippen molar-refractivity contribution < 1.29 is 18.7 Å². The molecule has 0 amide bonds. The molecule has 0 saturated carbocycles. The van der Waals surface area contributed by atoms with E-state index >= 15 is 0 Å². The Bertz CT molecular complexity index is 398. The zero-order valence-corrected chi connectivity index (χ0v) is 9.53. The van der Waals surface area contributed by atoms with Gasteiger partial charge in [0.15, 0.2) is 0 Å². The number of carboxylic acids is 1. The van der Waals surface area contributed by atoms with Gasteiger partial charge in [0.2, 0.25) is 0 Å². The molecule has 0 saturated heterocycles. The average molecular weight is 328 g/mol. The van der Waals surface area contributed by atoms with Gasteiger partial charge >= 0.3 is 5.97 Å². The van der Waals surface area contributed by atoms with Crippen LogP contribution in [0.5, 0.6) is 0 Å². The van der Waals surface area contributed by atoms with Crippen LogP contribution in [-0.2, 0) is 6.54 Å². The lowest BCUT2D eigenvalue weighted by molar-refractivity contribution is 0.0694. The number of nitrogens with zero attached hydrogens (tertiary/aromatic N) is 1. The fourth-order valence-corrected chi connectivity index (χ4v) is 1.69. The van der Waals surface area contributed by atoms with Crippen LogP contribution >= 0.6 is 22.6 Å². The summed E-state index contributed by atoms with van der Waals surface area (Å²) in [6.45, 7) is -0.163. The van der Waals surface area contributed by atoms with Gasteiger partial charge in [-0.3, -0.25) is 0 Å². The lowest BCUT2D eigenvalue weighted by Crippen LogP contribution is -2.11. The predicted molar refractivity (Wildman–Crippen MR) is 56.8 cm³/mol. The number of aromatic nitrogens is 1. The second kappa shape index (κ2) is 4.79. The molecule has 0 unspecified atom stereocenters. The number of hydrogen-bond donors (Lipinski definition) is 2. The molecule has 0 bridgehead atoms. The molecule has 1 rings (SSSR count). The number of carbonyl (C=O) groups is 1. The van der Waals surface area contributed by atoms with Gasteiger partial charge in [-0.2, -0.15) is 0 Å². The van der Waals surface area contributed by atoms with Crippen molar-refractivity contribution >= 4 is 28.6 Å². The van der Waals surface area contributed by atoms with E-state index < -0.39 is 18.1 Å². The van der Waals surface area contributed by atoms with E-state index in [0.717, 1.165) is 6.07 Å². The molecule has 0 atom stereocenters. The zero-order valence-electron chi connectivity index (χ0n) is 7.38. The smallest absolute Gasteiger partial charge is 0.338 e. The van der Waals surface area contributed by atoms with E-state index in [1.165, 1.54) is 0 Å². The van der Waals surface area contributed by atoms with Crippen LogP contribution in [0.4, 0.5) is 8.78 Å². The first-order valence-corrected chi connectivity index (χ1v) is 4.96. The van der Waals surface area contributed by atoms with E-state index in [9.17, 15) is 13.6 Å². The largest absolute Gasteiger partial charge is 0.478 e. The van der Waals surface area contributed by atoms with Gasteiger partial charge in [-0.25, -0.2) is 18.6 Å². The van der Waals surface area contributed by atoms with Gasteiger partial charge in [0.1, 0.15) is 9.39 Å². The van der Waals surface area contributed by atoms with Gasteiger partial charge in [0.05, 0.1) is 5.56 Å². The monoisotopic (exact) mass is 328 g/mol. The average Bonchev–Trinajstić information content (AvgIpc) is 2.16. The molecule has 1 aromatic heterocycles. The molecule has 4 nitrogen and oxygen atoms in total. The standard InChI is InChI=1S/C8H7F2IN2O2/c9-6(10)5-3(2-12)1-4(8(14)15)7(11)13-5/h1,6H,2,12H2,(H,14,15). The molecule has 0 aromatic carbocycles. The van der Waals surface area contributed by atoms with Crippen LogP contribution in [0.25, 0.3) is 0 Å². The summed E-state index contributed by atoms with van der Waals surface area (Å²) in [6, 6.07) is 1.14. The van der Waals surface area contributed by atoms with Gasteiger partial charge < -0.3 is 10.8 Å². The maximum absolute atomic E-state index is 12.5. The molecule has 7 heteroatoms. The summed E-state index contributed by atoms with van der Waals surface area (Å²) in [4.78, 5) is 14.2. The summed E-state index contributed by atoms with van der Waals surface area (Å²) in [7, 11) is 0. The van der Waals surface area contributed by atoms with E-state index in [1.54, 1.807) is 22.6 Å². The third-order valence-electron chi connectivity index (χ3n) is 1.75. The number of rotatable bonds is 3. The summed E-state index contributed by atoms with van der Waals surface area (Å²) in [5.41, 5.74) is 4.73. The molecular weight excluding hydrogens is 321 g/mol. The quantitative estimate of drug-likeness (QED) is 0.655. The number of carboxylic acid groups (broad SMARTS) is 1. The Morgan fingerprint density at radius 1 is 1.67 bits per heavy atom. The van der Waals surface area contributed by atoms with Gasteiger partial charge in [0, 0.05) is 6.54 Å². The minimum Gasteiger partial charge on any atom is -0.478 e. The number of alkyl halides is 2. The maximum atomic E-state index is 12.5. The highest BCUT2D eigenvalue weighted by Gasteiger charge is 2.19. The zero-order chi connectivity index (χ0) is 11.6. The first-order chi connectivity index (χ1) is 6.97. The normalized spacial score (nSPS) is 10.7. The SMILES string of the molecule is NCc1cc(C(=O)O)c(I)nc1C(F)F. The lowest BCUT2D eigenvalue weighted by Gasteiger charge is -2.08. The molecular formula is C8H7F2IN2O2. The Labute approximate surface area is 97.6 Å². The molecule has 3 N–H and O–H groups in total. The minimum atomic E-state index is -2.75. The van der Waals surface area contributed by atoms with E-state index in [1.807, 2.05) is 0 Å². The highest BCUT2D eigenvalue weighted by molar-refractivity contribution is 14.1. The second-order valence-corrected chi connectivity index (χ2v) is 3.70. The third kappa shape index (κ3) is 2.59. The highest BCUT2D eigenvalue weighted by atomic mass is 127. The Morgan fingerprint density at radius 2 is 2.27 bits per heavy atom. The minimum absolute atomic E-state index is 0.0348. The van der Waals surface area contributed by atoms with Crippen LogP contribution in [0.2, 0.25) is 0 Å². The molecule has 0 aliphatic heterocycles. The van der Waals surface area contributed by atoms with E-state index in [2.05, 4.69) is 4.98 Å². The van der Waals surface area contributed by atoms with Crippen molar-refractivity contribution in [1.82, 2.24) is 4.98 Å². The van der Waals surface area contributed by atoms with Gasteiger partial charge in [-0.05, 0) is 34.2 Å². The molecule has 0 aliphatic carbocycles. The number of pyridine rings is 1. The molecule has 0 spiro atoms. The topological polar surface area (TPSA) is 76.2 Å². The Kier molecular flexibility index (Phi) is 3.91. The van der Waals surface area contributed by atoms with Crippen LogP contribution in [0, 0.1) is 3.70 Å². The number of aromatic carboxylic acids is 1. The maximum Gasteiger partial charge on any atom is 0.338 e. The van der Waals surface area contributed by atoms with Crippen LogP contribution in [0.3, 0.4) is 0 Å². The first kappa shape index (κ1) is 12.2. The Balaban J connectivity index is 3.35. The molecule has 0 radical (unpaired) electrons. The first-order valence-electron chi connectivity index (χ1n) is 3.88. The second-order valence-electron chi connectivity index (χ2n) is 2.68. The van der Waals surface area contributed by atoms with Crippen LogP contribution in [-0.4, -0.2) is 16.1 Å². The summed E-state index contributed by atoms with van der Waals surface area (Å²) in [5.74, 6) is -1.21. The van der Waals surface area contributed by atoms with Gasteiger partial charge in [0.25, 0.3) is 6.43 Å². The summed E-state index contributed by atoms with van der Waals surface area (Å²) in [6.07, 6.45) is -2.75. The van der Waals surface area contributed by atoms with E-state index in [4.69, 9.17) is 10.8 Å². The third-order valence-corrected chi connectivity index (χ3v) is 2.57. The molecule has 82 valence electrons. The summed E-state index contributed by atoms with van der Waals surface area (Å²) in [5, 5.41) is 8.74. The fraction of sp³-hybridized carbons (Fsp3) is 0.250. The van der Waals surface area contributed by atoms with E-state index in [-0.39, 0.29) is 21.4 Å². The van der Waals surface area contributed by atoms with Crippen molar-refractivity contribution in [2.75, 3.05) is 0 Å². The molecule has 1 aromatic rings. The van der Waals surface area contributed by atoms with Crippen molar-refractivity contribution in [1.29, 1.82) is 0 Å². The Morgan fingerprint density at radius 3 is 2.67 bits per heavy atom. The molecule has 1 heterocycles. The van der Waals surface area contributed by atoms with Crippen LogP contribution in [0.1, 0.15) is 28.0 Å². The highest BCUT2D eigenvalue weighted by Crippen LogP contribution is 2.24. The summed E-state index contributed by atoms with van der Waals surface area (Å²) < 4.78 is 25.0. The predicted octanol–water partition coefficient (Wildman–Crippen LogP) is 1.78. The van der Waals surface area contributed by atoms with Gasteiger partial charge in [-0.15, -0.1) is 0 Å².